The lowest BCUT2D eigenvalue weighted by Crippen LogP contribution is -2.45. The van der Waals surface area contributed by atoms with E-state index >= 15 is 0 Å². The summed E-state index contributed by atoms with van der Waals surface area (Å²) in [6, 6.07) is 0. The Labute approximate surface area is 468 Å². The Morgan fingerprint density at radius 3 is 1.45 bits per heavy atom. The summed E-state index contributed by atoms with van der Waals surface area (Å²) in [5.41, 5.74) is 0.697. The van der Waals surface area contributed by atoms with Crippen LogP contribution in [0.2, 0.25) is 0 Å². The molecule has 0 aromatic heterocycles. The molecule has 11 atom stereocenters. The summed E-state index contributed by atoms with van der Waals surface area (Å²) < 4.78 is 154. The first-order valence-electron chi connectivity index (χ1n) is 25.7. The van der Waals surface area contributed by atoms with Gasteiger partial charge in [0.1, 0.15) is 24.4 Å². The number of esters is 9. The average molecular weight is 1190 g/mol. The molecule has 3 heterocycles. The third-order valence-corrected chi connectivity index (χ3v) is 13.0. The molecule has 7 rings (SSSR count). The van der Waals surface area contributed by atoms with Crippen LogP contribution in [0, 0.1) is 35.5 Å². The first-order valence-corrected chi connectivity index (χ1v) is 25.7. The zero-order valence-corrected chi connectivity index (χ0v) is 46.8. The summed E-state index contributed by atoms with van der Waals surface area (Å²) >= 11 is 0. The normalized spacial score (nSPS) is 24.5. The highest BCUT2D eigenvalue weighted by molar-refractivity contribution is 5.90. The van der Waals surface area contributed by atoms with E-state index < -0.39 is 123 Å². The molecule has 18 nitrogen and oxygen atoms in total. The molecule has 0 aromatic rings. The van der Waals surface area contributed by atoms with Crippen molar-refractivity contribution in [1.29, 1.82) is 0 Å². The number of alkyl halides is 9. The highest BCUT2D eigenvalue weighted by atomic mass is 19.4. The molecule has 4 saturated carbocycles. The van der Waals surface area contributed by atoms with Crippen LogP contribution in [0.15, 0.2) is 60.8 Å². The van der Waals surface area contributed by atoms with Crippen molar-refractivity contribution in [3.05, 3.63) is 60.8 Å². The number of rotatable bonds is 20. The van der Waals surface area contributed by atoms with Crippen LogP contribution in [-0.4, -0.2) is 135 Å². The summed E-state index contributed by atoms with van der Waals surface area (Å²) in [6.07, 6.45) is -6.07. The predicted molar refractivity (Wildman–Crippen MR) is 268 cm³/mol. The lowest BCUT2D eigenvalue weighted by atomic mass is 9.67. The van der Waals surface area contributed by atoms with E-state index in [0.717, 1.165) is 52.4 Å². The SMILES string of the molecule is C=C(C)C(=O)OC(C)C(F)(F)F.C=C(C)C(=O)OCC(=O)OC1C2CC3C(=O)OC1C3C2.C=C(C)C(=O)OCC(=O)OC1C2CC3CC(C2)C(=O)OC1C3.C=C(C)C(=O)OCCC(C)(F)F.C=C(C)C(=O)OCCC(F)(F)CC(C)(F)F. The smallest absolute Gasteiger partial charge is 0.425 e. The molecule has 0 amide bonds. The molecule has 27 heteroatoms. The molecule has 0 radical (unpaired) electrons. The van der Waals surface area contributed by atoms with Gasteiger partial charge in [0.15, 0.2) is 19.3 Å². The third kappa shape index (κ3) is 24.4. The standard InChI is InChI=1S/C16H20O6.C14H16O6.C10H14F4O2.C8H12F2O2.C7H9F3O2/c1-8(2)15(18)20-7-13(17)22-14-10-3-9-4-11(6-10)16(19)21-12(14)5-9;1-6(2)13(16)18-5-10(15)19-11-7-3-8-9(4-7)14(17)20-12(8)11;1-7(2)8(15)16-5-4-10(13,14)6-9(3,11)12;1-6(2)7(11)12-5-4-8(3,9)10;1-4(2)6(11)12-5(3)7(8,9)10/h9-12,14H,1,3-7H2,2H3;7-9,11-12H,1,3-5H2,2H3;1,4-6H2,2-3H3;1,4-5H2,2-3H3;5H,1H2,2-3H3. The number of hydrogen-bond acceptors (Lipinski definition) is 18. The van der Waals surface area contributed by atoms with Gasteiger partial charge in [-0.2, -0.15) is 13.2 Å². The van der Waals surface area contributed by atoms with Gasteiger partial charge in [-0.15, -0.1) is 0 Å². The first kappa shape index (κ1) is 71.4. The van der Waals surface area contributed by atoms with Crippen molar-refractivity contribution in [3.8, 4) is 0 Å². The minimum absolute atomic E-state index is 0.0128. The van der Waals surface area contributed by atoms with Gasteiger partial charge in [0.05, 0.1) is 31.5 Å². The van der Waals surface area contributed by atoms with Crippen LogP contribution < -0.4 is 0 Å². The minimum Gasteiger partial charge on any atom is -0.462 e. The van der Waals surface area contributed by atoms with E-state index in [-0.39, 0.29) is 88.2 Å². The van der Waals surface area contributed by atoms with Crippen LogP contribution in [0.3, 0.4) is 0 Å². The Balaban J connectivity index is 0.000000359. The molecule has 0 spiro atoms. The summed E-state index contributed by atoms with van der Waals surface area (Å²) in [7, 11) is 0. The molecular weight excluding hydrogens is 1120 g/mol. The number of fused-ring (bicyclic) bond motifs is 2. The molecule has 462 valence electrons. The summed E-state index contributed by atoms with van der Waals surface area (Å²) in [5.74, 6) is -14.1. The van der Waals surface area contributed by atoms with Crippen LogP contribution in [0.5, 0.6) is 0 Å². The van der Waals surface area contributed by atoms with Crippen LogP contribution in [0.1, 0.15) is 113 Å². The Bertz CT molecular complexity index is 2410. The van der Waals surface area contributed by atoms with Crippen molar-refractivity contribution in [2.75, 3.05) is 26.4 Å². The maximum atomic E-state index is 12.9. The van der Waals surface area contributed by atoms with Crippen molar-refractivity contribution in [2.24, 2.45) is 35.5 Å². The van der Waals surface area contributed by atoms with Crippen molar-refractivity contribution in [1.82, 2.24) is 0 Å². The molecule has 0 aromatic carbocycles. The fourth-order valence-electron chi connectivity index (χ4n) is 9.10. The fourth-order valence-corrected chi connectivity index (χ4v) is 9.10. The van der Waals surface area contributed by atoms with Gasteiger partial charge in [0.2, 0.25) is 5.92 Å². The Hall–Kier alpha value is -6.70. The predicted octanol–water partition coefficient (Wildman–Crippen LogP) is 9.36. The summed E-state index contributed by atoms with van der Waals surface area (Å²) in [5, 5.41) is 0. The maximum absolute atomic E-state index is 12.9. The lowest BCUT2D eigenvalue weighted by molar-refractivity contribution is -0.213. The number of carbonyl (C=O) groups is 9. The van der Waals surface area contributed by atoms with Gasteiger partial charge in [-0.05, 0) is 99.8 Å². The Morgan fingerprint density at radius 1 is 0.549 bits per heavy atom. The second-order valence-electron chi connectivity index (χ2n) is 21.1. The second kappa shape index (κ2) is 30.6. The zero-order chi connectivity index (χ0) is 63.0. The zero-order valence-electron chi connectivity index (χ0n) is 46.8. The van der Waals surface area contributed by atoms with Crippen LogP contribution in [-0.2, 0) is 85.8 Å². The van der Waals surface area contributed by atoms with Gasteiger partial charge >= 0.3 is 59.9 Å². The molecule has 7 aliphatic rings. The van der Waals surface area contributed by atoms with Gasteiger partial charge in [-0.1, -0.05) is 32.9 Å². The molecule has 4 aliphatic carbocycles. The Kier molecular flexibility index (Phi) is 26.6. The van der Waals surface area contributed by atoms with E-state index in [9.17, 15) is 82.7 Å². The van der Waals surface area contributed by atoms with E-state index in [2.05, 4.69) is 47.1 Å². The van der Waals surface area contributed by atoms with Crippen molar-refractivity contribution in [3.63, 3.8) is 0 Å². The van der Waals surface area contributed by atoms with Gasteiger partial charge in [-0.3, -0.25) is 9.59 Å². The minimum atomic E-state index is -4.51. The van der Waals surface area contributed by atoms with Gasteiger partial charge in [-0.25, -0.2) is 59.9 Å². The van der Waals surface area contributed by atoms with Crippen molar-refractivity contribution in [2.45, 2.75) is 168 Å². The highest BCUT2D eigenvalue weighted by Gasteiger charge is 2.63. The topological polar surface area (TPSA) is 237 Å². The third-order valence-electron chi connectivity index (χ3n) is 13.0. The molecule has 0 N–H and O–H groups in total. The molecule has 7 fully saturated rings. The van der Waals surface area contributed by atoms with E-state index in [0.29, 0.717) is 12.8 Å². The quantitative estimate of drug-likeness (QED) is 0.0477. The number of carbonyl (C=O) groups excluding carboxylic acids is 9. The molecule has 11 unspecified atom stereocenters. The number of hydrogen-bond donors (Lipinski definition) is 0. The van der Waals surface area contributed by atoms with E-state index in [1.165, 1.54) is 34.6 Å². The molecule has 82 heavy (non-hydrogen) atoms. The van der Waals surface area contributed by atoms with Crippen LogP contribution >= 0.6 is 0 Å². The summed E-state index contributed by atoms with van der Waals surface area (Å²) in [6.45, 7) is 23.9. The van der Waals surface area contributed by atoms with Crippen molar-refractivity contribution >= 4 is 53.7 Å². The number of halogens is 9. The largest absolute Gasteiger partial charge is 0.462 e. The lowest BCUT2D eigenvalue weighted by Gasteiger charge is -2.41. The maximum Gasteiger partial charge on any atom is 0.425 e. The van der Waals surface area contributed by atoms with Gasteiger partial charge in [0.25, 0.3) is 11.8 Å². The molecule has 6 bridgehead atoms. The summed E-state index contributed by atoms with van der Waals surface area (Å²) in [4.78, 5) is 102. The van der Waals surface area contributed by atoms with E-state index in [4.69, 9.17) is 28.4 Å². The van der Waals surface area contributed by atoms with Crippen LogP contribution in [0.25, 0.3) is 0 Å². The monoisotopic (exact) mass is 1190 g/mol. The molecule has 3 saturated heterocycles. The first-order chi connectivity index (χ1) is 37.5. The van der Waals surface area contributed by atoms with Gasteiger partial charge < -0.3 is 42.6 Å². The highest BCUT2D eigenvalue weighted by Crippen LogP contribution is 2.55. The van der Waals surface area contributed by atoms with Crippen molar-refractivity contribution < 1.29 is 125 Å². The Morgan fingerprint density at radius 2 is 1.00 bits per heavy atom. The van der Waals surface area contributed by atoms with E-state index in [1.807, 2.05) is 0 Å². The fraction of sp³-hybridized carbons (Fsp3) is 0.655. The second-order valence-corrected chi connectivity index (χ2v) is 21.1. The average Bonchev–Trinajstić information content (AvgIpc) is 3.94. The molecular formula is C55H71F9O18. The molecule has 3 aliphatic heterocycles. The van der Waals surface area contributed by atoms with E-state index in [1.54, 1.807) is 0 Å². The van der Waals surface area contributed by atoms with Gasteiger partial charge in [0, 0.05) is 58.5 Å². The number of ether oxygens (including phenoxy) is 9. The van der Waals surface area contributed by atoms with Crippen LogP contribution in [0.4, 0.5) is 39.5 Å².